The first kappa shape index (κ1) is 41.2. The summed E-state index contributed by atoms with van der Waals surface area (Å²) in [6, 6.07) is 26.0. The second-order valence-electron chi connectivity index (χ2n) is 14.1. The van der Waals surface area contributed by atoms with E-state index >= 15 is 0 Å². The summed E-state index contributed by atoms with van der Waals surface area (Å²) in [5.41, 5.74) is 4.90. The lowest BCUT2D eigenvalue weighted by Crippen LogP contribution is -1.97. The van der Waals surface area contributed by atoms with Crippen LogP contribution in [0, 0.1) is 0 Å². The molecule has 2 nitrogen and oxygen atoms in total. The predicted molar refractivity (Wildman–Crippen MR) is 219 cm³/mol. The zero-order valence-electron chi connectivity index (χ0n) is 31.2. The van der Waals surface area contributed by atoms with Crippen molar-refractivity contribution in [2.75, 3.05) is 18.5 Å². The smallest absolute Gasteiger partial charge is 0.119 e. The van der Waals surface area contributed by atoms with Gasteiger partial charge in [0, 0.05) is 5.33 Å². The molecular formula is C46H69BrO2. The van der Waals surface area contributed by atoms with E-state index in [1.54, 1.807) is 0 Å². The molecule has 3 rings (SSSR count). The van der Waals surface area contributed by atoms with Crippen molar-refractivity contribution in [3.05, 3.63) is 72.8 Å². The number of hydrogen-bond donors (Lipinski definition) is 0. The molecule has 0 saturated heterocycles. The summed E-state index contributed by atoms with van der Waals surface area (Å²) in [4.78, 5) is 0. The van der Waals surface area contributed by atoms with Crippen LogP contribution < -0.4 is 9.47 Å². The monoisotopic (exact) mass is 732 g/mol. The van der Waals surface area contributed by atoms with Crippen LogP contribution in [0.4, 0.5) is 0 Å². The molecule has 0 unspecified atom stereocenters. The van der Waals surface area contributed by atoms with E-state index in [4.69, 9.17) is 9.47 Å². The molecule has 272 valence electrons. The second kappa shape index (κ2) is 28.4. The lowest BCUT2D eigenvalue weighted by Gasteiger charge is -2.09. The average molecular weight is 734 g/mol. The van der Waals surface area contributed by atoms with Gasteiger partial charge < -0.3 is 9.47 Å². The molecule has 0 radical (unpaired) electrons. The standard InChI is InChI=1S/C46H69BrO2/c1-2-3-4-5-6-7-8-9-10-12-15-18-21-24-39-48-45-34-30-43(31-35-45)41-26-28-42(29-27-41)44-32-36-46(37-33-44)49-40-25-22-19-16-13-11-14-17-20-23-38-47/h26-37H,2-25,38-40H2,1H3. The highest BCUT2D eigenvalue weighted by Gasteiger charge is 2.03. The Bertz CT molecular complexity index is 1160. The molecule has 0 saturated carbocycles. The van der Waals surface area contributed by atoms with Gasteiger partial charge in [-0.15, -0.1) is 0 Å². The van der Waals surface area contributed by atoms with Crippen LogP contribution in [0.1, 0.15) is 161 Å². The fourth-order valence-electron chi connectivity index (χ4n) is 6.63. The largest absolute Gasteiger partial charge is 0.494 e. The van der Waals surface area contributed by atoms with Crippen molar-refractivity contribution < 1.29 is 9.47 Å². The van der Waals surface area contributed by atoms with Crippen LogP contribution in [0.5, 0.6) is 11.5 Å². The molecule has 3 aromatic rings. The minimum atomic E-state index is 0.809. The van der Waals surface area contributed by atoms with Crippen LogP contribution in [-0.2, 0) is 0 Å². The van der Waals surface area contributed by atoms with Gasteiger partial charge in [-0.2, -0.15) is 0 Å². The molecule has 0 N–H and O–H groups in total. The normalized spacial score (nSPS) is 11.2. The zero-order chi connectivity index (χ0) is 34.5. The third-order valence-electron chi connectivity index (χ3n) is 9.82. The lowest BCUT2D eigenvalue weighted by molar-refractivity contribution is 0.304. The summed E-state index contributed by atoms with van der Waals surface area (Å²) in [5.74, 6) is 1.94. The van der Waals surface area contributed by atoms with Crippen molar-refractivity contribution in [1.29, 1.82) is 0 Å². The number of alkyl halides is 1. The highest BCUT2D eigenvalue weighted by molar-refractivity contribution is 9.09. The fraction of sp³-hybridized carbons (Fsp3) is 0.609. The third kappa shape index (κ3) is 19.6. The van der Waals surface area contributed by atoms with Gasteiger partial charge in [0.1, 0.15) is 11.5 Å². The lowest BCUT2D eigenvalue weighted by atomic mass is 10.0. The van der Waals surface area contributed by atoms with E-state index in [9.17, 15) is 0 Å². The molecule has 49 heavy (non-hydrogen) atoms. The summed E-state index contributed by atoms with van der Waals surface area (Å²) in [6.07, 6.45) is 32.7. The molecule has 0 fully saturated rings. The molecule has 0 amide bonds. The molecule has 0 bridgehead atoms. The summed E-state index contributed by atoms with van der Waals surface area (Å²) in [6.45, 7) is 3.92. The molecule has 0 spiro atoms. The first-order valence-electron chi connectivity index (χ1n) is 20.4. The quantitative estimate of drug-likeness (QED) is 0.0484. The van der Waals surface area contributed by atoms with E-state index in [0.717, 1.165) is 42.9 Å². The molecular weight excluding hydrogens is 664 g/mol. The Labute approximate surface area is 310 Å². The first-order chi connectivity index (χ1) is 24.3. The van der Waals surface area contributed by atoms with Gasteiger partial charge in [0.05, 0.1) is 13.2 Å². The Kier molecular flexibility index (Phi) is 23.9. The minimum Gasteiger partial charge on any atom is -0.494 e. The number of halogens is 1. The Morgan fingerprint density at radius 1 is 0.327 bits per heavy atom. The molecule has 0 atom stereocenters. The molecule has 3 heteroatoms. The van der Waals surface area contributed by atoms with E-state index in [1.807, 2.05) is 0 Å². The van der Waals surface area contributed by atoms with Crippen molar-refractivity contribution in [2.24, 2.45) is 0 Å². The average Bonchev–Trinajstić information content (AvgIpc) is 3.14. The van der Waals surface area contributed by atoms with Crippen LogP contribution in [0.25, 0.3) is 22.3 Å². The van der Waals surface area contributed by atoms with E-state index < -0.39 is 0 Å². The minimum absolute atomic E-state index is 0.809. The molecule has 0 aliphatic rings. The molecule has 0 aliphatic heterocycles. The summed E-state index contributed by atoms with van der Waals surface area (Å²) < 4.78 is 12.1. The maximum atomic E-state index is 6.05. The highest BCUT2D eigenvalue weighted by atomic mass is 79.9. The van der Waals surface area contributed by atoms with Crippen molar-refractivity contribution in [2.45, 2.75) is 161 Å². The van der Waals surface area contributed by atoms with Gasteiger partial charge in [0.15, 0.2) is 0 Å². The van der Waals surface area contributed by atoms with Crippen molar-refractivity contribution in [3.63, 3.8) is 0 Å². The fourth-order valence-corrected chi connectivity index (χ4v) is 7.03. The van der Waals surface area contributed by atoms with Crippen molar-refractivity contribution in [3.8, 4) is 33.8 Å². The van der Waals surface area contributed by atoms with Crippen molar-refractivity contribution >= 4 is 15.9 Å². The molecule has 3 aromatic carbocycles. The third-order valence-corrected chi connectivity index (χ3v) is 10.4. The maximum absolute atomic E-state index is 6.05. The topological polar surface area (TPSA) is 18.5 Å². The Morgan fingerprint density at radius 3 is 0.857 bits per heavy atom. The second-order valence-corrected chi connectivity index (χ2v) is 14.9. The van der Waals surface area contributed by atoms with Gasteiger partial charge in [-0.05, 0) is 65.8 Å². The Hall–Kier alpha value is -2.26. The zero-order valence-corrected chi connectivity index (χ0v) is 32.8. The van der Waals surface area contributed by atoms with Gasteiger partial charge in [-0.1, -0.05) is 206 Å². The molecule has 0 aromatic heterocycles. The van der Waals surface area contributed by atoms with Crippen LogP contribution >= 0.6 is 15.9 Å². The predicted octanol–water partition coefficient (Wildman–Crippen LogP) is 15.6. The summed E-state index contributed by atoms with van der Waals surface area (Å²) in [5, 5.41) is 1.15. The number of ether oxygens (including phenoxy) is 2. The number of benzene rings is 3. The van der Waals surface area contributed by atoms with Crippen LogP contribution in [0.3, 0.4) is 0 Å². The SMILES string of the molecule is CCCCCCCCCCCCCCCCOc1ccc(-c2ccc(-c3ccc(OCCCCCCCCCCCCBr)cc3)cc2)cc1. The number of hydrogen-bond acceptors (Lipinski definition) is 2. The van der Waals surface area contributed by atoms with E-state index in [2.05, 4.69) is 95.7 Å². The van der Waals surface area contributed by atoms with Gasteiger partial charge in [-0.3, -0.25) is 0 Å². The van der Waals surface area contributed by atoms with Gasteiger partial charge in [0.2, 0.25) is 0 Å². The molecule has 0 aliphatic carbocycles. The van der Waals surface area contributed by atoms with Crippen LogP contribution in [0.15, 0.2) is 72.8 Å². The van der Waals surface area contributed by atoms with Gasteiger partial charge in [0.25, 0.3) is 0 Å². The van der Waals surface area contributed by atoms with Crippen LogP contribution in [-0.4, -0.2) is 18.5 Å². The van der Waals surface area contributed by atoms with Gasteiger partial charge >= 0.3 is 0 Å². The van der Waals surface area contributed by atoms with E-state index in [-0.39, 0.29) is 0 Å². The Balaban J connectivity index is 1.21. The summed E-state index contributed by atoms with van der Waals surface area (Å²) >= 11 is 3.52. The van der Waals surface area contributed by atoms with E-state index in [1.165, 1.54) is 164 Å². The number of unbranched alkanes of at least 4 members (excludes halogenated alkanes) is 22. The first-order valence-corrected chi connectivity index (χ1v) is 21.5. The number of rotatable bonds is 31. The van der Waals surface area contributed by atoms with Crippen molar-refractivity contribution in [1.82, 2.24) is 0 Å². The highest BCUT2D eigenvalue weighted by Crippen LogP contribution is 2.28. The maximum Gasteiger partial charge on any atom is 0.119 e. The molecule has 0 heterocycles. The Morgan fingerprint density at radius 2 is 0.571 bits per heavy atom. The summed E-state index contributed by atoms with van der Waals surface area (Å²) in [7, 11) is 0. The van der Waals surface area contributed by atoms with E-state index in [0.29, 0.717) is 0 Å². The van der Waals surface area contributed by atoms with Gasteiger partial charge in [-0.25, -0.2) is 0 Å². The van der Waals surface area contributed by atoms with Crippen LogP contribution in [0.2, 0.25) is 0 Å².